The van der Waals surface area contributed by atoms with Crippen molar-refractivity contribution in [2.24, 2.45) is 0 Å². The Labute approximate surface area is 186 Å². The van der Waals surface area contributed by atoms with Crippen LogP contribution in [0.25, 0.3) is 0 Å². The SMILES string of the molecule is O=C(NCCCCCCCCCCCCCCCCCCO)c1ccc(Br)nc1. The highest BCUT2D eigenvalue weighted by atomic mass is 79.9. The predicted molar refractivity (Wildman–Crippen MR) is 125 cm³/mol. The fourth-order valence-corrected chi connectivity index (χ4v) is 3.76. The number of aromatic nitrogens is 1. The normalized spacial score (nSPS) is 11.0. The number of unbranched alkanes of at least 4 members (excludes halogenated alkanes) is 15. The number of nitrogens with one attached hydrogen (secondary N) is 1. The minimum absolute atomic E-state index is 0.0355. The standard InChI is InChI=1S/C24H41BrN2O2/c25-23-18-17-22(21-27-23)24(29)26-19-15-13-11-9-7-5-3-1-2-4-6-8-10-12-14-16-20-28/h17-18,21,28H,1-16,19-20H2,(H,26,29). The molecule has 0 fully saturated rings. The van der Waals surface area contributed by atoms with Gasteiger partial charge in [0.1, 0.15) is 4.60 Å². The fourth-order valence-electron chi connectivity index (χ4n) is 3.53. The largest absolute Gasteiger partial charge is 0.396 e. The highest BCUT2D eigenvalue weighted by molar-refractivity contribution is 9.10. The maximum Gasteiger partial charge on any atom is 0.252 e. The summed E-state index contributed by atoms with van der Waals surface area (Å²) < 4.78 is 0.746. The van der Waals surface area contributed by atoms with Crippen LogP contribution in [-0.2, 0) is 0 Å². The zero-order valence-electron chi connectivity index (χ0n) is 18.1. The van der Waals surface area contributed by atoms with E-state index in [0.29, 0.717) is 12.2 Å². The van der Waals surface area contributed by atoms with Crippen LogP contribution in [-0.4, -0.2) is 29.1 Å². The third-order valence-electron chi connectivity index (χ3n) is 5.36. The minimum atomic E-state index is -0.0355. The Bertz CT molecular complexity index is 508. The zero-order chi connectivity index (χ0) is 21.0. The summed E-state index contributed by atoms with van der Waals surface area (Å²) in [5.74, 6) is -0.0355. The van der Waals surface area contributed by atoms with Crippen molar-refractivity contribution in [1.82, 2.24) is 10.3 Å². The fraction of sp³-hybridized carbons (Fsp3) is 0.750. The number of carbonyl (C=O) groups is 1. The molecule has 1 amide bonds. The molecular weight excluding hydrogens is 428 g/mol. The monoisotopic (exact) mass is 468 g/mol. The number of hydrogen-bond acceptors (Lipinski definition) is 3. The minimum Gasteiger partial charge on any atom is -0.396 e. The van der Waals surface area contributed by atoms with Gasteiger partial charge in [-0.05, 0) is 40.9 Å². The van der Waals surface area contributed by atoms with E-state index in [0.717, 1.165) is 24.0 Å². The Kier molecular flexibility index (Phi) is 17.1. The molecule has 1 aromatic heterocycles. The van der Waals surface area contributed by atoms with E-state index >= 15 is 0 Å². The van der Waals surface area contributed by atoms with Crippen LogP contribution in [0.15, 0.2) is 22.9 Å². The Morgan fingerprint density at radius 1 is 0.759 bits per heavy atom. The maximum absolute atomic E-state index is 12.0. The lowest BCUT2D eigenvalue weighted by molar-refractivity contribution is 0.0952. The van der Waals surface area contributed by atoms with Crippen LogP contribution in [0.4, 0.5) is 0 Å². The molecule has 0 aliphatic carbocycles. The highest BCUT2D eigenvalue weighted by Crippen LogP contribution is 2.13. The average molecular weight is 470 g/mol. The molecule has 0 bridgehead atoms. The second-order valence-electron chi connectivity index (χ2n) is 8.01. The highest BCUT2D eigenvalue weighted by Gasteiger charge is 2.04. The van der Waals surface area contributed by atoms with E-state index in [-0.39, 0.29) is 5.91 Å². The Morgan fingerprint density at radius 3 is 1.62 bits per heavy atom. The lowest BCUT2D eigenvalue weighted by Crippen LogP contribution is -2.24. The molecule has 29 heavy (non-hydrogen) atoms. The maximum atomic E-state index is 12.0. The van der Waals surface area contributed by atoms with Gasteiger partial charge in [0.25, 0.3) is 5.91 Å². The molecule has 5 heteroatoms. The molecule has 0 saturated heterocycles. The van der Waals surface area contributed by atoms with E-state index in [1.54, 1.807) is 18.3 Å². The Hall–Kier alpha value is -0.940. The van der Waals surface area contributed by atoms with E-state index < -0.39 is 0 Å². The molecule has 0 atom stereocenters. The molecule has 1 heterocycles. The number of aliphatic hydroxyl groups is 1. The lowest BCUT2D eigenvalue weighted by atomic mass is 10.0. The number of carbonyl (C=O) groups excluding carboxylic acids is 1. The third-order valence-corrected chi connectivity index (χ3v) is 5.83. The van der Waals surface area contributed by atoms with E-state index in [1.807, 2.05) is 0 Å². The molecule has 0 saturated carbocycles. The van der Waals surface area contributed by atoms with Gasteiger partial charge in [0.2, 0.25) is 0 Å². The molecule has 0 aliphatic rings. The van der Waals surface area contributed by atoms with Gasteiger partial charge in [-0.15, -0.1) is 0 Å². The summed E-state index contributed by atoms with van der Waals surface area (Å²) in [4.78, 5) is 16.0. The summed E-state index contributed by atoms with van der Waals surface area (Å²) in [5, 5.41) is 11.7. The van der Waals surface area contributed by atoms with Gasteiger partial charge in [-0.3, -0.25) is 4.79 Å². The average Bonchev–Trinajstić information content (AvgIpc) is 2.73. The number of rotatable bonds is 19. The van der Waals surface area contributed by atoms with Gasteiger partial charge in [-0.2, -0.15) is 0 Å². The third kappa shape index (κ3) is 15.5. The van der Waals surface area contributed by atoms with Crippen LogP contribution in [0.2, 0.25) is 0 Å². The van der Waals surface area contributed by atoms with Crippen molar-refractivity contribution in [3.05, 3.63) is 28.5 Å². The van der Waals surface area contributed by atoms with Crippen LogP contribution in [0.5, 0.6) is 0 Å². The molecule has 4 nitrogen and oxygen atoms in total. The van der Waals surface area contributed by atoms with Gasteiger partial charge in [0.15, 0.2) is 0 Å². The van der Waals surface area contributed by atoms with Gasteiger partial charge >= 0.3 is 0 Å². The first-order chi connectivity index (χ1) is 14.2. The molecule has 1 aromatic rings. The van der Waals surface area contributed by atoms with E-state index in [9.17, 15) is 4.79 Å². The van der Waals surface area contributed by atoms with Gasteiger partial charge in [0, 0.05) is 19.3 Å². The molecule has 0 unspecified atom stereocenters. The lowest BCUT2D eigenvalue weighted by Gasteiger charge is -2.05. The molecular formula is C24H41BrN2O2. The van der Waals surface area contributed by atoms with Crippen molar-refractivity contribution >= 4 is 21.8 Å². The van der Waals surface area contributed by atoms with Gasteiger partial charge < -0.3 is 10.4 Å². The van der Waals surface area contributed by atoms with Crippen molar-refractivity contribution in [3.63, 3.8) is 0 Å². The molecule has 166 valence electrons. The molecule has 1 rings (SSSR count). The van der Waals surface area contributed by atoms with Crippen molar-refractivity contribution in [2.45, 2.75) is 103 Å². The topological polar surface area (TPSA) is 62.2 Å². The van der Waals surface area contributed by atoms with Crippen molar-refractivity contribution in [2.75, 3.05) is 13.2 Å². The molecule has 2 N–H and O–H groups in total. The Balaban J connectivity index is 1.77. The molecule has 0 aromatic carbocycles. The van der Waals surface area contributed by atoms with Crippen molar-refractivity contribution < 1.29 is 9.90 Å². The number of amides is 1. The number of aliphatic hydroxyl groups excluding tert-OH is 1. The predicted octanol–water partition coefficient (Wildman–Crippen LogP) is 6.81. The number of nitrogens with zero attached hydrogens (tertiary/aromatic N) is 1. The number of hydrogen-bond donors (Lipinski definition) is 2. The summed E-state index contributed by atoms with van der Waals surface area (Å²) in [6, 6.07) is 3.57. The van der Waals surface area contributed by atoms with E-state index in [1.165, 1.54) is 89.9 Å². The Morgan fingerprint density at radius 2 is 1.21 bits per heavy atom. The smallest absolute Gasteiger partial charge is 0.252 e. The van der Waals surface area contributed by atoms with Crippen molar-refractivity contribution in [1.29, 1.82) is 0 Å². The molecule has 0 radical (unpaired) electrons. The van der Waals surface area contributed by atoms with Crippen LogP contribution in [0.1, 0.15) is 113 Å². The second-order valence-corrected chi connectivity index (χ2v) is 8.82. The summed E-state index contributed by atoms with van der Waals surface area (Å²) in [5.41, 5.74) is 0.617. The summed E-state index contributed by atoms with van der Waals surface area (Å²) in [7, 11) is 0. The summed E-state index contributed by atoms with van der Waals surface area (Å²) >= 11 is 3.27. The quantitative estimate of drug-likeness (QED) is 0.173. The van der Waals surface area contributed by atoms with Gasteiger partial charge in [-0.25, -0.2) is 4.98 Å². The van der Waals surface area contributed by atoms with E-state index in [2.05, 4.69) is 26.2 Å². The number of pyridine rings is 1. The van der Waals surface area contributed by atoms with Gasteiger partial charge in [0.05, 0.1) is 5.56 Å². The van der Waals surface area contributed by atoms with Crippen LogP contribution >= 0.6 is 15.9 Å². The first-order valence-electron chi connectivity index (χ1n) is 11.7. The zero-order valence-corrected chi connectivity index (χ0v) is 19.7. The van der Waals surface area contributed by atoms with Crippen molar-refractivity contribution in [3.8, 4) is 0 Å². The summed E-state index contributed by atoms with van der Waals surface area (Å²) in [6.45, 7) is 1.10. The first kappa shape index (κ1) is 26.1. The van der Waals surface area contributed by atoms with Crippen LogP contribution in [0, 0.1) is 0 Å². The first-order valence-corrected chi connectivity index (χ1v) is 12.5. The second kappa shape index (κ2) is 19.0. The number of halogens is 1. The summed E-state index contributed by atoms with van der Waals surface area (Å²) in [6.07, 6.45) is 22.2. The van der Waals surface area contributed by atoms with Crippen LogP contribution in [0.3, 0.4) is 0 Å². The van der Waals surface area contributed by atoms with E-state index in [4.69, 9.17) is 5.11 Å². The molecule has 0 aliphatic heterocycles. The van der Waals surface area contributed by atoms with Crippen LogP contribution < -0.4 is 5.32 Å². The molecule has 0 spiro atoms. The van der Waals surface area contributed by atoms with Gasteiger partial charge in [-0.1, -0.05) is 89.9 Å².